The van der Waals surface area contributed by atoms with Crippen molar-refractivity contribution in [3.63, 3.8) is 0 Å². The van der Waals surface area contributed by atoms with E-state index >= 15 is 0 Å². The van der Waals surface area contributed by atoms with Crippen molar-refractivity contribution in [2.45, 2.75) is 38.1 Å². The topological polar surface area (TPSA) is 92.8 Å². The van der Waals surface area contributed by atoms with Crippen LogP contribution < -0.4 is 5.73 Å². The van der Waals surface area contributed by atoms with Crippen LogP contribution in [0, 0.1) is 5.92 Å². The van der Waals surface area contributed by atoms with Gasteiger partial charge in [-0.05, 0) is 36.5 Å². The normalized spacial score (nSPS) is 16.4. The van der Waals surface area contributed by atoms with E-state index in [1.165, 1.54) is 31.4 Å². The molecular formula is C15H21NO4. The Morgan fingerprint density at radius 2 is 2.10 bits per heavy atom. The van der Waals surface area contributed by atoms with E-state index in [1.54, 1.807) is 6.07 Å². The fraction of sp³-hybridized carbons (Fsp3) is 0.533. The molecule has 2 rings (SSSR count). The summed E-state index contributed by atoms with van der Waals surface area (Å²) in [5.74, 6) is -0.122. The van der Waals surface area contributed by atoms with E-state index in [1.807, 2.05) is 0 Å². The fourth-order valence-corrected chi connectivity index (χ4v) is 2.25. The Hall–Kier alpha value is -1.75. The molecule has 0 spiro atoms. The lowest BCUT2D eigenvalue weighted by Gasteiger charge is -2.25. The molecule has 5 heteroatoms. The minimum absolute atomic E-state index is 0.189. The van der Waals surface area contributed by atoms with Crippen molar-refractivity contribution in [3.05, 3.63) is 23.8 Å². The average molecular weight is 279 g/mol. The number of ether oxygens (including phenoxy) is 1. The molecule has 0 amide bonds. The second-order valence-electron chi connectivity index (χ2n) is 5.39. The molecule has 0 radical (unpaired) electrons. The van der Waals surface area contributed by atoms with Crippen molar-refractivity contribution in [2.75, 3.05) is 6.61 Å². The molecule has 20 heavy (non-hydrogen) atoms. The number of hydrogen-bond donors (Lipinski definition) is 3. The van der Waals surface area contributed by atoms with E-state index in [0.717, 1.165) is 6.42 Å². The molecule has 1 fully saturated rings. The van der Waals surface area contributed by atoms with Crippen LogP contribution in [0.4, 0.5) is 0 Å². The third kappa shape index (κ3) is 3.87. The van der Waals surface area contributed by atoms with Gasteiger partial charge in [0.25, 0.3) is 0 Å². The minimum Gasteiger partial charge on any atom is -0.504 e. The zero-order chi connectivity index (χ0) is 14.5. The van der Waals surface area contributed by atoms with Crippen LogP contribution in [-0.2, 0) is 16.0 Å². The standard InChI is InChI=1S/C15H21NO4/c16-12(8-11-4-5-13(17)14(18)9-11)15(19)20-7-6-10-2-1-3-10/h4-5,9-10,12,17-18H,1-3,6-8,16H2. The Morgan fingerprint density at radius 1 is 1.35 bits per heavy atom. The largest absolute Gasteiger partial charge is 0.504 e. The van der Waals surface area contributed by atoms with Crippen LogP contribution in [0.1, 0.15) is 31.2 Å². The highest BCUT2D eigenvalue weighted by Crippen LogP contribution is 2.29. The summed E-state index contributed by atoms with van der Waals surface area (Å²) < 4.78 is 5.16. The molecule has 0 bridgehead atoms. The lowest BCUT2D eigenvalue weighted by Crippen LogP contribution is -2.34. The summed E-state index contributed by atoms with van der Waals surface area (Å²) in [5, 5.41) is 18.6. The first-order valence-corrected chi connectivity index (χ1v) is 6.99. The van der Waals surface area contributed by atoms with Gasteiger partial charge in [0.2, 0.25) is 0 Å². The first-order valence-electron chi connectivity index (χ1n) is 6.99. The van der Waals surface area contributed by atoms with Crippen molar-refractivity contribution in [3.8, 4) is 11.5 Å². The zero-order valence-corrected chi connectivity index (χ0v) is 11.4. The number of carbonyl (C=O) groups is 1. The van der Waals surface area contributed by atoms with E-state index in [0.29, 0.717) is 18.1 Å². The number of rotatable bonds is 6. The van der Waals surface area contributed by atoms with Gasteiger partial charge in [-0.25, -0.2) is 0 Å². The van der Waals surface area contributed by atoms with Gasteiger partial charge in [-0.2, -0.15) is 0 Å². The van der Waals surface area contributed by atoms with E-state index in [4.69, 9.17) is 10.5 Å². The molecule has 1 atom stereocenters. The summed E-state index contributed by atoms with van der Waals surface area (Å²) in [5.41, 5.74) is 6.47. The Morgan fingerprint density at radius 3 is 2.70 bits per heavy atom. The Kier molecular flexibility index (Phi) is 4.84. The molecular weight excluding hydrogens is 258 g/mol. The van der Waals surface area contributed by atoms with Gasteiger partial charge in [0.05, 0.1) is 6.61 Å². The van der Waals surface area contributed by atoms with Crippen molar-refractivity contribution in [1.82, 2.24) is 0 Å². The molecule has 110 valence electrons. The highest BCUT2D eigenvalue weighted by molar-refractivity contribution is 5.75. The number of carbonyl (C=O) groups excluding carboxylic acids is 1. The molecule has 0 heterocycles. The quantitative estimate of drug-likeness (QED) is 0.544. The van der Waals surface area contributed by atoms with Crippen LogP contribution in [0.2, 0.25) is 0 Å². The van der Waals surface area contributed by atoms with Gasteiger partial charge in [0.1, 0.15) is 6.04 Å². The Bertz CT molecular complexity index is 471. The molecule has 4 N–H and O–H groups in total. The summed E-state index contributed by atoms with van der Waals surface area (Å²) in [7, 11) is 0. The molecule has 1 aromatic carbocycles. The number of aromatic hydroxyl groups is 2. The number of nitrogens with two attached hydrogens (primary N) is 1. The second-order valence-corrected chi connectivity index (χ2v) is 5.39. The number of phenols is 2. The number of phenolic OH excluding ortho intramolecular Hbond substituents is 2. The smallest absolute Gasteiger partial charge is 0.323 e. The van der Waals surface area contributed by atoms with Crippen LogP contribution in [-0.4, -0.2) is 28.8 Å². The maximum atomic E-state index is 11.7. The van der Waals surface area contributed by atoms with Gasteiger partial charge in [-0.3, -0.25) is 4.79 Å². The second kappa shape index (κ2) is 6.61. The van der Waals surface area contributed by atoms with E-state index in [2.05, 4.69) is 0 Å². The molecule has 0 aromatic heterocycles. The third-order valence-corrected chi connectivity index (χ3v) is 3.79. The predicted octanol–water partition coefficient (Wildman–Crippen LogP) is 1.70. The maximum absolute atomic E-state index is 11.7. The van der Waals surface area contributed by atoms with Gasteiger partial charge in [0.15, 0.2) is 11.5 Å². The van der Waals surface area contributed by atoms with Crippen LogP contribution in [0.15, 0.2) is 18.2 Å². The van der Waals surface area contributed by atoms with Gasteiger partial charge < -0.3 is 20.7 Å². The summed E-state index contributed by atoms with van der Waals surface area (Å²) in [6.45, 7) is 0.429. The fourth-order valence-electron chi connectivity index (χ4n) is 2.25. The van der Waals surface area contributed by atoms with Crippen molar-refractivity contribution >= 4 is 5.97 Å². The molecule has 1 aromatic rings. The molecule has 1 aliphatic rings. The van der Waals surface area contributed by atoms with E-state index in [9.17, 15) is 15.0 Å². The van der Waals surface area contributed by atoms with Crippen LogP contribution in [0.25, 0.3) is 0 Å². The van der Waals surface area contributed by atoms with Gasteiger partial charge >= 0.3 is 5.97 Å². The lowest BCUT2D eigenvalue weighted by atomic mass is 9.83. The van der Waals surface area contributed by atoms with Crippen LogP contribution in [0.3, 0.4) is 0 Å². The first kappa shape index (κ1) is 14.7. The van der Waals surface area contributed by atoms with Crippen molar-refractivity contribution in [2.24, 2.45) is 11.7 Å². The molecule has 1 aliphatic carbocycles. The monoisotopic (exact) mass is 279 g/mol. The number of benzene rings is 1. The highest BCUT2D eigenvalue weighted by Gasteiger charge is 2.20. The summed E-state index contributed by atoms with van der Waals surface area (Å²) in [6, 6.07) is 3.65. The van der Waals surface area contributed by atoms with Crippen molar-refractivity contribution in [1.29, 1.82) is 0 Å². The average Bonchev–Trinajstić information content (AvgIpc) is 2.36. The highest BCUT2D eigenvalue weighted by atomic mass is 16.5. The lowest BCUT2D eigenvalue weighted by molar-refractivity contribution is -0.145. The maximum Gasteiger partial charge on any atom is 0.323 e. The molecule has 1 saturated carbocycles. The Balaban J connectivity index is 1.75. The van der Waals surface area contributed by atoms with Crippen LogP contribution in [0.5, 0.6) is 11.5 Å². The molecule has 5 nitrogen and oxygen atoms in total. The van der Waals surface area contributed by atoms with Gasteiger partial charge in [-0.15, -0.1) is 0 Å². The van der Waals surface area contributed by atoms with Crippen LogP contribution >= 0.6 is 0 Å². The molecule has 0 saturated heterocycles. The van der Waals surface area contributed by atoms with Gasteiger partial charge in [0, 0.05) is 0 Å². The minimum atomic E-state index is -0.750. The van der Waals surface area contributed by atoms with E-state index in [-0.39, 0.29) is 17.9 Å². The third-order valence-electron chi connectivity index (χ3n) is 3.79. The summed E-state index contributed by atoms with van der Waals surface area (Å²) in [6.07, 6.45) is 4.93. The van der Waals surface area contributed by atoms with Gasteiger partial charge in [-0.1, -0.05) is 25.3 Å². The zero-order valence-electron chi connectivity index (χ0n) is 11.4. The SMILES string of the molecule is NC(Cc1ccc(O)c(O)c1)C(=O)OCCC1CCC1. The Labute approximate surface area is 118 Å². The van der Waals surface area contributed by atoms with Crippen molar-refractivity contribution < 1.29 is 19.7 Å². The predicted molar refractivity (Wildman–Crippen MR) is 74.4 cm³/mol. The van der Waals surface area contributed by atoms with E-state index < -0.39 is 12.0 Å². The first-order chi connectivity index (χ1) is 9.56. The number of esters is 1. The number of hydrogen-bond acceptors (Lipinski definition) is 5. The molecule has 0 aliphatic heterocycles. The summed E-state index contributed by atoms with van der Waals surface area (Å²) >= 11 is 0. The summed E-state index contributed by atoms with van der Waals surface area (Å²) in [4.78, 5) is 11.7. The molecule has 1 unspecified atom stereocenters.